The average molecular weight is 677 g/mol. The van der Waals surface area contributed by atoms with Gasteiger partial charge in [0, 0.05) is 25.6 Å². The summed E-state index contributed by atoms with van der Waals surface area (Å²) in [5, 5.41) is 7.97. The Balaban J connectivity index is 1.41. The van der Waals surface area contributed by atoms with E-state index < -0.39 is 54.7 Å². The van der Waals surface area contributed by atoms with E-state index in [9.17, 15) is 44.7 Å². The molecule has 2 saturated carbocycles. The summed E-state index contributed by atoms with van der Waals surface area (Å²) < 4.78 is 113. The highest BCUT2D eigenvalue weighted by molar-refractivity contribution is 5.99. The first-order chi connectivity index (χ1) is 22.1. The Labute approximate surface area is 263 Å². The van der Waals surface area contributed by atoms with Crippen LogP contribution in [-0.4, -0.2) is 51.6 Å². The molecule has 0 radical (unpaired) electrons. The zero-order chi connectivity index (χ0) is 34.1. The topological polar surface area (TPSA) is 110 Å². The van der Waals surface area contributed by atoms with Gasteiger partial charge in [-0.25, -0.2) is 13.8 Å². The van der Waals surface area contributed by atoms with E-state index >= 15 is 0 Å². The molecule has 2 fully saturated rings. The van der Waals surface area contributed by atoms with Crippen molar-refractivity contribution < 1.29 is 49.4 Å². The molecule has 0 saturated heterocycles. The van der Waals surface area contributed by atoms with Gasteiger partial charge in [0.15, 0.2) is 12.3 Å². The first kappa shape index (κ1) is 34.2. The SMILES string of the molecule is Cn1c(Nc2cc(CNC(=O)C3CCC3)ccc2C(F)(F)F)nc2cc(C(=O)NC3CCC(C(F)(F)F)CC3)c(OCC(F)F)nc21. The van der Waals surface area contributed by atoms with Gasteiger partial charge in [0.2, 0.25) is 17.7 Å². The number of nitrogens with one attached hydrogen (secondary N) is 3. The van der Waals surface area contributed by atoms with E-state index in [0.717, 1.165) is 25.3 Å². The maximum Gasteiger partial charge on any atom is 0.418 e. The van der Waals surface area contributed by atoms with Gasteiger partial charge in [0.05, 0.1) is 17.2 Å². The van der Waals surface area contributed by atoms with Crippen LogP contribution in [0.2, 0.25) is 0 Å². The lowest BCUT2D eigenvalue weighted by Gasteiger charge is -2.30. The van der Waals surface area contributed by atoms with Crippen molar-refractivity contribution in [3.05, 3.63) is 41.0 Å². The lowest BCUT2D eigenvalue weighted by atomic mass is 9.85. The number of pyridine rings is 1. The zero-order valence-corrected chi connectivity index (χ0v) is 25.1. The Bertz CT molecular complexity index is 1610. The predicted octanol–water partition coefficient (Wildman–Crippen LogP) is 6.64. The van der Waals surface area contributed by atoms with Crippen molar-refractivity contribution in [2.75, 3.05) is 11.9 Å². The number of halogens is 8. The minimum absolute atomic E-state index is 0.00259. The molecule has 256 valence electrons. The molecule has 47 heavy (non-hydrogen) atoms. The maximum absolute atomic E-state index is 14.0. The summed E-state index contributed by atoms with van der Waals surface area (Å²) in [5.41, 5.74) is -1.35. The van der Waals surface area contributed by atoms with Gasteiger partial charge >= 0.3 is 12.4 Å². The van der Waals surface area contributed by atoms with Crippen molar-refractivity contribution in [3.8, 4) is 5.88 Å². The number of alkyl halides is 8. The van der Waals surface area contributed by atoms with Gasteiger partial charge < -0.3 is 20.7 Å². The molecule has 5 rings (SSSR count). The Hall–Kier alpha value is -4.18. The number of benzene rings is 1. The molecule has 0 spiro atoms. The zero-order valence-electron chi connectivity index (χ0n) is 25.1. The number of aryl methyl sites for hydroxylation is 1. The van der Waals surface area contributed by atoms with Crippen LogP contribution in [0.15, 0.2) is 24.3 Å². The number of hydrogen-bond donors (Lipinski definition) is 3. The third kappa shape index (κ3) is 8.04. The van der Waals surface area contributed by atoms with Crippen molar-refractivity contribution >= 4 is 34.6 Å². The summed E-state index contributed by atoms with van der Waals surface area (Å²) >= 11 is 0. The smallest absolute Gasteiger partial charge is 0.418 e. The summed E-state index contributed by atoms with van der Waals surface area (Å²) in [7, 11) is 1.40. The monoisotopic (exact) mass is 676 g/mol. The van der Waals surface area contributed by atoms with E-state index in [1.54, 1.807) is 0 Å². The van der Waals surface area contributed by atoms with Gasteiger partial charge in [0.1, 0.15) is 11.1 Å². The van der Waals surface area contributed by atoms with Crippen molar-refractivity contribution in [1.82, 2.24) is 25.2 Å². The number of fused-ring (bicyclic) bond motifs is 1. The van der Waals surface area contributed by atoms with Crippen LogP contribution >= 0.6 is 0 Å². The fourth-order valence-electron chi connectivity index (χ4n) is 5.63. The second-order valence-corrected chi connectivity index (χ2v) is 11.8. The molecular formula is C30H32F8N6O3. The number of rotatable bonds is 10. The summed E-state index contributed by atoms with van der Waals surface area (Å²) in [6, 6.07) is 3.89. The molecule has 0 atom stereocenters. The van der Waals surface area contributed by atoms with Crippen LogP contribution in [0.4, 0.5) is 46.8 Å². The van der Waals surface area contributed by atoms with Crippen molar-refractivity contribution in [3.63, 3.8) is 0 Å². The lowest BCUT2D eigenvalue weighted by molar-refractivity contribution is -0.182. The maximum atomic E-state index is 14.0. The van der Waals surface area contributed by atoms with Crippen LogP contribution in [0, 0.1) is 11.8 Å². The fourth-order valence-corrected chi connectivity index (χ4v) is 5.63. The first-order valence-electron chi connectivity index (χ1n) is 15.0. The Morgan fingerprint density at radius 2 is 1.70 bits per heavy atom. The minimum atomic E-state index is -4.76. The number of amides is 2. The second kappa shape index (κ2) is 13.5. The van der Waals surface area contributed by atoms with Crippen molar-refractivity contribution in [1.29, 1.82) is 0 Å². The summed E-state index contributed by atoms with van der Waals surface area (Å²) in [6.45, 7) is -1.13. The van der Waals surface area contributed by atoms with E-state index in [0.29, 0.717) is 5.56 Å². The number of aromatic nitrogens is 3. The number of anilines is 2. The van der Waals surface area contributed by atoms with E-state index in [4.69, 9.17) is 4.74 Å². The van der Waals surface area contributed by atoms with Crippen LogP contribution in [0.1, 0.15) is 66.4 Å². The summed E-state index contributed by atoms with van der Waals surface area (Å²) in [4.78, 5) is 33.9. The number of carbonyl (C=O) groups excluding carboxylic acids is 2. The lowest BCUT2D eigenvalue weighted by Crippen LogP contribution is -2.40. The molecule has 0 unspecified atom stereocenters. The Morgan fingerprint density at radius 3 is 2.30 bits per heavy atom. The van der Waals surface area contributed by atoms with Gasteiger partial charge in [-0.3, -0.25) is 14.2 Å². The minimum Gasteiger partial charge on any atom is -0.471 e. The first-order valence-corrected chi connectivity index (χ1v) is 15.0. The molecule has 17 heteroatoms. The normalized spacial score (nSPS) is 19.0. The largest absolute Gasteiger partial charge is 0.471 e. The van der Waals surface area contributed by atoms with E-state index in [2.05, 4.69) is 25.9 Å². The predicted molar refractivity (Wildman–Crippen MR) is 153 cm³/mol. The molecule has 2 aliphatic rings. The number of hydrogen-bond acceptors (Lipinski definition) is 6. The highest BCUT2D eigenvalue weighted by Gasteiger charge is 2.42. The van der Waals surface area contributed by atoms with Gasteiger partial charge in [0.25, 0.3) is 12.3 Å². The summed E-state index contributed by atoms with van der Waals surface area (Å²) in [5.74, 6) is -3.25. The molecule has 1 aromatic carbocycles. The molecule has 0 aliphatic heterocycles. The highest BCUT2D eigenvalue weighted by Crippen LogP contribution is 2.39. The molecule has 2 heterocycles. The Morgan fingerprint density at radius 1 is 1.00 bits per heavy atom. The number of carbonyl (C=O) groups is 2. The van der Waals surface area contributed by atoms with Gasteiger partial charge in [-0.05, 0) is 62.3 Å². The van der Waals surface area contributed by atoms with Crippen LogP contribution < -0.4 is 20.7 Å². The molecule has 3 N–H and O–H groups in total. The molecule has 3 aromatic rings. The van der Waals surface area contributed by atoms with Gasteiger partial charge in [-0.15, -0.1) is 0 Å². The quantitative estimate of drug-likeness (QED) is 0.208. The standard InChI is InChI=1S/C30H32F8N6O3/c1-44-24-22(12-19(27(43-24)47-14-23(31)32)26(46)40-18-8-6-17(7-9-18)29(33,34)35)42-28(44)41-21-11-15(5-10-20(21)30(36,37)38)13-39-25(45)16-3-2-4-16/h5,10-12,16-18,23H,2-4,6-9,13-14H2,1H3,(H,39,45)(H,40,46)(H,41,42). The van der Waals surface area contributed by atoms with Gasteiger partial charge in [-0.1, -0.05) is 12.5 Å². The van der Waals surface area contributed by atoms with Crippen LogP contribution in [-0.2, 0) is 24.6 Å². The van der Waals surface area contributed by atoms with Crippen molar-refractivity contribution in [2.45, 2.75) is 76.3 Å². The molecule has 0 bridgehead atoms. The van der Waals surface area contributed by atoms with Gasteiger partial charge in [-0.2, -0.15) is 31.3 Å². The molecular weight excluding hydrogens is 644 g/mol. The van der Waals surface area contributed by atoms with Crippen molar-refractivity contribution in [2.24, 2.45) is 18.9 Å². The third-order valence-electron chi connectivity index (χ3n) is 8.50. The second-order valence-electron chi connectivity index (χ2n) is 11.8. The molecule has 2 aromatic heterocycles. The molecule has 2 aliphatic carbocycles. The highest BCUT2D eigenvalue weighted by atomic mass is 19.4. The van der Waals surface area contributed by atoms with E-state index in [-0.39, 0.29) is 72.4 Å². The van der Waals surface area contributed by atoms with Crippen LogP contribution in [0.3, 0.4) is 0 Å². The summed E-state index contributed by atoms with van der Waals surface area (Å²) in [6.07, 6.45) is -9.89. The average Bonchev–Trinajstić information content (AvgIpc) is 3.26. The Kier molecular flexibility index (Phi) is 9.82. The fraction of sp³-hybridized carbons (Fsp3) is 0.533. The third-order valence-corrected chi connectivity index (χ3v) is 8.50. The number of imidazole rings is 1. The molecule has 2 amide bonds. The van der Waals surface area contributed by atoms with E-state index in [1.165, 1.54) is 29.8 Å². The van der Waals surface area contributed by atoms with Crippen LogP contribution in [0.25, 0.3) is 11.2 Å². The number of nitrogens with zero attached hydrogens (tertiary/aromatic N) is 3. The van der Waals surface area contributed by atoms with E-state index in [1.807, 2.05) is 0 Å². The molecule has 9 nitrogen and oxygen atoms in total. The van der Waals surface area contributed by atoms with Crippen LogP contribution in [0.5, 0.6) is 5.88 Å². The number of ether oxygens (including phenoxy) is 1.